The first-order valence-corrected chi connectivity index (χ1v) is 18.2. The molecule has 17 heteroatoms. The first-order chi connectivity index (χ1) is 26.5. The van der Waals surface area contributed by atoms with E-state index >= 15 is 0 Å². The summed E-state index contributed by atoms with van der Waals surface area (Å²) in [5.74, 6) is 0.283. The molecule has 1 saturated heterocycles. The number of rotatable bonds is 11. The molecule has 1 saturated carbocycles. The predicted octanol–water partition coefficient (Wildman–Crippen LogP) is 3.62. The van der Waals surface area contributed by atoms with Crippen LogP contribution in [0.2, 0.25) is 0 Å². The van der Waals surface area contributed by atoms with Gasteiger partial charge in [-0.1, -0.05) is 24.3 Å². The van der Waals surface area contributed by atoms with Crippen molar-refractivity contribution in [1.29, 1.82) is 0 Å². The van der Waals surface area contributed by atoms with E-state index in [1.54, 1.807) is 41.6 Å². The minimum atomic E-state index is -0.946. The highest BCUT2D eigenvalue weighted by Crippen LogP contribution is 2.33. The number of nitrogens with one attached hydrogen (secondary N) is 2. The van der Waals surface area contributed by atoms with Crippen LogP contribution in [-0.2, 0) is 30.3 Å². The summed E-state index contributed by atoms with van der Waals surface area (Å²) in [6.07, 6.45) is 6.11. The smallest absolute Gasteiger partial charge is 0.407 e. The van der Waals surface area contributed by atoms with Gasteiger partial charge >= 0.3 is 6.09 Å². The maximum Gasteiger partial charge on any atom is 0.407 e. The highest BCUT2D eigenvalue weighted by molar-refractivity contribution is 6.01. The standard InChI is InChI=1S/C37H46N10O5.CH2O2/c1-37(2,3)52-36(50)41-21-25-6-10-28(11-7-25)34(49)47(30-14-12-27(13-15-30)33-42-44-45-43-33)31(32(38)48)20-24-4-8-26(9-5-24)29-22-39-35(40-23-29)46-16-18-51-19-17-46;2-1-3/h4-5,8-9,12-15,22-23,25,28,31H,6-7,10-11,16-21H2,1-3H3,(H2,38,48)(H,41,50)(H,42,43,44,45);1H,(H,2,3)/t25-,28-,31-;/m0./s1. The summed E-state index contributed by atoms with van der Waals surface area (Å²) in [5.41, 5.74) is 9.42. The Hall–Kier alpha value is -5.97. The van der Waals surface area contributed by atoms with Gasteiger partial charge in [0.25, 0.3) is 6.47 Å². The van der Waals surface area contributed by atoms with E-state index in [0.717, 1.165) is 48.2 Å². The molecule has 1 atom stereocenters. The average molecular weight is 757 g/mol. The molecule has 17 nitrogen and oxygen atoms in total. The summed E-state index contributed by atoms with van der Waals surface area (Å²) in [6, 6.07) is 14.0. The fraction of sp³-hybridized carbons (Fsp3) is 0.447. The van der Waals surface area contributed by atoms with Gasteiger partial charge < -0.3 is 30.5 Å². The topological polar surface area (TPSA) is 232 Å². The number of ether oxygens (including phenoxy) is 2. The second-order valence-electron chi connectivity index (χ2n) is 14.4. The molecule has 0 spiro atoms. The molecule has 5 N–H and O–H groups in total. The van der Waals surface area contributed by atoms with Crippen LogP contribution in [0, 0.1) is 11.8 Å². The second-order valence-corrected chi connectivity index (χ2v) is 14.4. The largest absolute Gasteiger partial charge is 0.483 e. The molecular weight excluding hydrogens is 708 g/mol. The van der Waals surface area contributed by atoms with Gasteiger partial charge in [0.05, 0.1) is 13.2 Å². The number of tetrazole rings is 1. The number of benzene rings is 2. The molecule has 3 amide bonds. The van der Waals surface area contributed by atoms with E-state index < -0.39 is 23.6 Å². The van der Waals surface area contributed by atoms with Crippen molar-refractivity contribution in [1.82, 2.24) is 35.9 Å². The van der Waals surface area contributed by atoms with E-state index in [1.165, 1.54) is 0 Å². The minimum absolute atomic E-state index is 0.162. The van der Waals surface area contributed by atoms with Crippen molar-refractivity contribution in [2.24, 2.45) is 17.6 Å². The molecule has 2 aromatic heterocycles. The lowest BCUT2D eigenvalue weighted by atomic mass is 9.81. The quantitative estimate of drug-likeness (QED) is 0.160. The normalized spacial score (nSPS) is 17.5. The number of carboxylic acid groups (broad SMARTS) is 1. The van der Waals surface area contributed by atoms with Crippen molar-refractivity contribution in [2.75, 3.05) is 42.6 Å². The van der Waals surface area contributed by atoms with Gasteiger partial charge in [-0.15, -0.1) is 5.10 Å². The van der Waals surface area contributed by atoms with Crippen LogP contribution >= 0.6 is 0 Å². The molecular formula is C38H48N10O7. The molecule has 2 fully saturated rings. The first-order valence-electron chi connectivity index (χ1n) is 18.2. The third kappa shape index (κ3) is 11.3. The molecule has 2 aliphatic rings. The van der Waals surface area contributed by atoms with E-state index in [9.17, 15) is 14.4 Å². The Balaban J connectivity index is 0.00000187. The lowest BCUT2D eigenvalue weighted by Gasteiger charge is -2.36. The number of aromatic nitrogens is 6. The number of alkyl carbamates (subject to hydrolysis) is 1. The van der Waals surface area contributed by atoms with Crippen LogP contribution in [-0.4, -0.2) is 105 Å². The van der Waals surface area contributed by atoms with Crippen molar-refractivity contribution in [3.63, 3.8) is 0 Å². The summed E-state index contributed by atoms with van der Waals surface area (Å²) in [4.78, 5) is 61.0. The van der Waals surface area contributed by atoms with Gasteiger partial charge in [-0.2, -0.15) is 0 Å². The maximum absolute atomic E-state index is 14.4. The van der Waals surface area contributed by atoms with Crippen molar-refractivity contribution < 1.29 is 33.8 Å². The predicted molar refractivity (Wildman–Crippen MR) is 203 cm³/mol. The van der Waals surface area contributed by atoms with E-state index in [-0.39, 0.29) is 30.6 Å². The molecule has 0 bridgehead atoms. The number of primary amides is 1. The summed E-state index contributed by atoms with van der Waals surface area (Å²) >= 11 is 0. The number of nitrogens with zero attached hydrogens (tertiary/aromatic N) is 7. The molecule has 3 heterocycles. The Morgan fingerprint density at radius 1 is 1.00 bits per heavy atom. The third-order valence-electron chi connectivity index (χ3n) is 9.42. The SMILES string of the molecule is CC(C)(C)OC(=O)NC[C@H]1CC[C@H](C(=O)N(c2ccc(-c3nnn[nH]3)cc2)[C@@H](Cc2ccc(-c3cnc(N4CCOCC4)nc3)cc2)C(N)=O)CC1.O=CO. The number of hydrogen-bond donors (Lipinski definition) is 4. The Kier molecular flexibility index (Phi) is 13.8. The van der Waals surface area contributed by atoms with Crippen LogP contribution in [0.1, 0.15) is 52.0 Å². The molecule has 0 unspecified atom stereocenters. The van der Waals surface area contributed by atoms with E-state index in [1.807, 2.05) is 45.0 Å². The number of anilines is 2. The monoisotopic (exact) mass is 756 g/mol. The van der Waals surface area contributed by atoms with Gasteiger partial charge in [0.2, 0.25) is 17.8 Å². The van der Waals surface area contributed by atoms with Gasteiger partial charge in [0.1, 0.15) is 11.6 Å². The lowest BCUT2D eigenvalue weighted by Crippen LogP contribution is -2.52. The van der Waals surface area contributed by atoms with Crippen LogP contribution in [0.3, 0.4) is 0 Å². The number of H-pyrrole nitrogens is 1. The molecule has 292 valence electrons. The number of hydrogen-bond acceptors (Lipinski definition) is 12. The van der Waals surface area contributed by atoms with Gasteiger partial charge in [0.15, 0.2) is 5.82 Å². The molecule has 1 aliphatic carbocycles. The summed E-state index contributed by atoms with van der Waals surface area (Å²) < 4.78 is 10.8. The molecule has 4 aromatic rings. The van der Waals surface area contributed by atoms with Crippen LogP contribution < -0.4 is 20.9 Å². The van der Waals surface area contributed by atoms with Gasteiger partial charge in [-0.3, -0.25) is 19.3 Å². The Morgan fingerprint density at radius 3 is 2.18 bits per heavy atom. The van der Waals surface area contributed by atoms with Gasteiger partial charge in [-0.05, 0) is 98.2 Å². The summed E-state index contributed by atoms with van der Waals surface area (Å²) in [7, 11) is 0. The van der Waals surface area contributed by atoms with Gasteiger partial charge in [0, 0.05) is 61.2 Å². The fourth-order valence-corrected chi connectivity index (χ4v) is 6.65. The Labute approximate surface area is 319 Å². The Morgan fingerprint density at radius 2 is 1.62 bits per heavy atom. The zero-order valence-electron chi connectivity index (χ0n) is 31.3. The zero-order chi connectivity index (χ0) is 39.4. The van der Waals surface area contributed by atoms with Crippen LogP contribution in [0.5, 0.6) is 0 Å². The number of nitrogens with two attached hydrogens (primary N) is 1. The highest BCUT2D eigenvalue weighted by atomic mass is 16.6. The number of carbonyl (C=O) groups excluding carboxylic acids is 3. The third-order valence-corrected chi connectivity index (χ3v) is 9.42. The maximum atomic E-state index is 14.4. The molecule has 2 aromatic carbocycles. The minimum Gasteiger partial charge on any atom is -0.483 e. The molecule has 55 heavy (non-hydrogen) atoms. The van der Waals surface area contributed by atoms with Crippen molar-refractivity contribution in [3.05, 3.63) is 66.5 Å². The van der Waals surface area contributed by atoms with Crippen molar-refractivity contribution in [3.8, 4) is 22.5 Å². The summed E-state index contributed by atoms with van der Waals surface area (Å²) in [5, 5.41) is 23.8. The average Bonchev–Trinajstić information content (AvgIpc) is 3.73. The second kappa shape index (κ2) is 18.9. The molecule has 6 rings (SSSR count). The molecule has 0 radical (unpaired) electrons. The van der Waals surface area contributed by atoms with Crippen LogP contribution in [0.25, 0.3) is 22.5 Å². The number of amides is 3. The van der Waals surface area contributed by atoms with Crippen molar-refractivity contribution in [2.45, 2.75) is 64.5 Å². The lowest BCUT2D eigenvalue weighted by molar-refractivity contribution is -0.127. The van der Waals surface area contributed by atoms with Gasteiger partial charge in [-0.25, -0.2) is 19.9 Å². The number of morpholine rings is 1. The zero-order valence-corrected chi connectivity index (χ0v) is 31.3. The number of carbonyl (C=O) groups is 4. The van der Waals surface area contributed by atoms with Crippen LogP contribution in [0.15, 0.2) is 60.9 Å². The van der Waals surface area contributed by atoms with E-state index in [4.69, 9.17) is 25.1 Å². The fourth-order valence-electron chi connectivity index (χ4n) is 6.65. The molecule has 1 aliphatic heterocycles. The Bertz CT molecular complexity index is 1840. The number of aromatic amines is 1. The van der Waals surface area contributed by atoms with E-state index in [0.29, 0.717) is 50.1 Å². The highest BCUT2D eigenvalue weighted by Gasteiger charge is 2.36. The van der Waals surface area contributed by atoms with Crippen molar-refractivity contribution >= 4 is 36.0 Å². The van der Waals surface area contributed by atoms with E-state index in [2.05, 4.69) is 40.8 Å². The summed E-state index contributed by atoms with van der Waals surface area (Å²) in [6.45, 7) is 8.52. The first kappa shape index (κ1) is 40.2. The van der Waals surface area contributed by atoms with Crippen LogP contribution in [0.4, 0.5) is 16.4 Å².